The predicted molar refractivity (Wildman–Crippen MR) is 96.2 cm³/mol. The van der Waals surface area contributed by atoms with E-state index in [0.717, 1.165) is 12.2 Å². The van der Waals surface area contributed by atoms with Crippen LogP contribution in [0.4, 0.5) is 0 Å². The molecule has 1 atom stereocenters. The third kappa shape index (κ3) is 6.13. The molecule has 25 heavy (non-hydrogen) atoms. The van der Waals surface area contributed by atoms with Crippen molar-refractivity contribution in [2.24, 2.45) is 5.92 Å². The largest absolute Gasteiger partial charge is 0.416 e. The van der Waals surface area contributed by atoms with Gasteiger partial charge >= 0.3 is 0 Å². The van der Waals surface area contributed by atoms with E-state index < -0.39 is 9.84 Å². The third-order valence-electron chi connectivity index (χ3n) is 4.01. The molecule has 1 aromatic heterocycles. The van der Waals surface area contributed by atoms with Gasteiger partial charge in [-0.2, -0.15) is 0 Å². The van der Waals surface area contributed by atoms with Crippen molar-refractivity contribution >= 4 is 21.6 Å². The molecule has 1 fully saturated rings. The molecule has 1 aliphatic heterocycles. The number of benzene rings is 1. The van der Waals surface area contributed by atoms with E-state index in [2.05, 4.69) is 10.2 Å². The van der Waals surface area contributed by atoms with Crippen molar-refractivity contribution in [2.75, 3.05) is 23.9 Å². The predicted octanol–water partition coefficient (Wildman–Crippen LogP) is 2.75. The smallest absolute Gasteiger partial charge is 0.276 e. The lowest BCUT2D eigenvalue weighted by atomic mass is 10.1. The summed E-state index contributed by atoms with van der Waals surface area (Å²) in [5.74, 6) is 1.99. The van der Waals surface area contributed by atoms with Crippen LogP contribution >= 0.6 is 11.8 Å². The van der Waals surface area contributed by atoms with E-state index in [-0.39, 0.29) is 17.4 Å². The normalized spacial score (nSPS) is 19.3. The molecule has 0 unspecified atom stereocenters. The van der Waals surface area contributed by atoms with Crippen molar-refractivity contribution < 1.29 is 17.6 Å². The third-order valence-corrected chi connectivity index (χ3v) is 6.75. The van der Waals surface area contributed by atoms with Crippen LogP contribution in [0.2, 0.25) is 0 Å². The molecule has 2 heterocycles. The summed E-state index contributed by atoms with van der Waals surface area (Å²) in [4.78, 5) is 0. The Hall–Kier alpha value is -1.38. The van der Waals surface area contributed by atoms with Crippen LogP contribution < -0.4 is 0 Å². The fourth-order valence-corrected chi connectivity index (χ4v) is 5.30. The van der Waals surface area contributed by atoms with Crippen LogP contribution in [0.3, 0.4) is 0 Å². The summed E-state index contributed by atoms with van der Waals surface area (Å²) in [6.07, 6.45) is 2.13. The van der Waals surface area contributed by atoms with Crippen LogP contribution in [0, 0.1) is 5.92 Å². The van der Waals surface area contributed by atoms with Crippen LogP contribution in [-0.4, -0.2) is 42.5 Å². The SMILES string of the molecule is O=S1(=O)CC[C@@H](Cc2nnc(SCCCOCc3ccccc3)o2)C1. The van der Waals surface area contributed by atoms with E-state index in [1.165, 1.54) is 17.3 Å². The summed E-state index contributed by atoms with van der Waals surface area (Å²) < 4.78 is 34.2. The molecule has 1 saturated heterocycles. The minimum atomic E-state index is -2.86. The second-order valence-corrected chi connectivity index (χ2v) is 9.45. The van der Waals surface area contributed by atoms with E-state index in [1.807, 2.05) is 30.3 Å². The minimum absolute atomic E-state index is 0.106. The standard InChI is InChI=1S/C17H22N2O4S2/c20-25(21)10-7-15(13-25)11-16-18-19-17(23-16)24-9-4-8-22-12-14-5-2-1-3-6-14/h1-3,5-6,15H,4,7-13H2/t15-/m0/s1. The molecular weight excluding hydrogens is 360 g/mol. The Morgan fingerprint density at radius 1 is 1.24 bits per heavy atom. The first-order valence-electron chi connectivity index (χ1n) is 8.38. The topological polar surface area (TPSA) is 82.3 Å². The fraction of sp³-hybridized carbons (Fsp3) is 0.529. The molecule has 0 amide bonds. The number of thioether (sulfide) groups is 1. The molecule has 1 aromatic carbocycles. The van der Waals surface area contributed by atoms with Crippen LogP contribution in [0.25, 0.3) is 0 Å². The van der Waals surface area contributed by atoms with Crippen LogP contribution in [0.5, 0.6) is 0 Å². The van der Waals surface area contributed by atoms with Gasteiger partial charge in [-0.1, -0.05) is 42.1 Å². The van der Waals surface area contributed by atoms with Gasteiger partial charge in [-0.05, 0) is 24.3 Å². The highest BCUT2D eigenvalue weighted by atomic mass is 32.2. The van der Waals surface area contributed by atoms with Crippen LogP contribution in [0.1, 0.15) is 24.3 Å². The number of sulfone groups is 1. The quantitative estimate of drug-likeness (QED) is 0.487. The van der Waals surface area contributed by atoms with Gasteiger partial charge in [0, 0.05) is 18.8 Å². The summed E-state index contributed by atoms with van der Waals surface area (Å²) in [5.41, 5.74) is 1.17. The summed E-state index contributed by atoms with van der Waals surface area (Å²) in [5, 5.41) is 8.58. The van der Waals surface area contributed by atoms with E-state index in [1.54, 1.807) is 0 Å². The molecule has 0 saturated carbocycles. The molecule has 0 radical (unpaired) electrons. The van der Waals surface area contributed by atoms with Gasteiger partial charge in [-0.25, -0.2) is 8.42 Å². The molecule has 136 valence electrons. The van der Waals surface area contributed by atoms with Gasteiger partial charge in [0.2, 0.25) is 5.89 Å². The van der Waals surface area contributed by atoms with Crippen molar-refractivity contribution in [1.29, 1.82) is 0 Å². The van der Waals surface area contributed by atoms with Gasteiger partial charge < -0.3 is 9.15 Å². The van der Waals surface area contributed by atoms with Gasteiger partial charge in [0.05, 0.1) is 18.1 Å². The van der Waals surface area contributed by atoms with Crippen LogP contribution in [0.15, 0.2) is 40.0 Å². The molecule has 8 heteroatoms. The minimum Gasteiger partial charge on any atom is -0.416 e. The van der Waals surface area contributed by atoms with Crippen molar-refractivity contribution in [3.05, 3.63) is 41.8 Å². The average molecular weight is 383 g/mol. The van der Waals surface area contributed by atoms with Gasteiger partial charge in [0.25, 0.3) is 5.22 Å². The maximum atomic E-state index is 11.5. The average Bonchev–Trinajstić information content (AvgIpc) is 3.18. The number of hydrogen-bond donors (Lipinski definition) is 0. The Bertz CT molecular complexity index is 762. The summed E-state index contributed by atoms with van der Waals surface area (Å²) in [6.45, 7) is 1.31. The number of nitrogens with zero attached hydrogens (tertiary/aromatic N) is 2. The zero-order valence-electron chi connectivity index (χ0n) is 14.0. The molecule has 0 N–H and O–H groups in total. The lowest BCUT2D eigenvalue weighted by Gasteiger charge is -2.03. The Balaban J connectivity index is 1.31. The molecule has 1 aliphatic rings. The highest BCUT2D eigenvalue weighted by Crippen LogP contribution is 2.24. The second-order valence-electron chi connectivity index (χ2n) is 6.18. The highest BCUT2D eigenvalue weighted by molar-refractivity contribution is 7.99. The van der Waals surface area contributed by atoms with Crippen molar-refractivity contribution in [3.8, 4) is 0 Å². The Labute approximate surface area is 152 Å². The number of rotatable bonds is 9. The zero-order chi connectivity index (χ0) is 17.5. The Kier molecular flexibility index (Phi) is 6.50. The first kappa shape index (κ1) is 18.4. The molecule has 6 nitrogen and oxygen atoms in total. The van der Waals surface area contributed by atoms with E-state index in [4.69, 9.17) is 9.15 Å². The summed E-state index contributed by atoms with van der Waals surface area (Å²) in [7, 11) is -2.86. The first-order chi connectivity index (χ1) is 12.1. The van der Waals surface area contributed by atoms with E-state index >= 15 is 0 Å². The first-order valence-corrected chi connectivity index (χ1v) is 11.2. The molecule has 0 spiro atoms. The van der Waals surface area contributed by atoms with E-state index in [9.17, 15) is 8.42 Å². The maximum Gasteiger partial charge on any atom is 0.276 e. The highest BCUT2D eigenvalue weighted by Gasteiger charge is 2.29. The second kappa shape index (κ2) is 8.82. The lowest BCUT2D eigenvalue weighted by molar-refractivity contribution is 0.122. The van der Waals surface area contributed by atoms with Gasteiger partial charge in [-0.15, -0.1) is 10.2 Å². The summed E-state index contributed by atoms with van der Waals surface area (Å²) >= 11 is 1.51. The van der Waals surface area contributed by atoms with Gasteiger partial charge in [0.1, 0.15) is 0 Å². The molecule has 0 bridgehead atoms. The van der Waals surface area contributed by atoms with Gasteiger partial charge in [-0.3, -0.25) is 0 Å². The fourth-order valence-electron chi connectivity index (χ4n) is 2.74. The number of aromatic nitrogens is 2. The van der Waals surface area contributed by atoms with Crippen LogP contribution in [-0.2, 0) is 27.6 Å². The Morgan fingerprint density at radius 2 is 2.08 bits per heavy atom. The number of hydrogen-bond acceptors (Lipinski definition) is 7. The van der Waals surface area contributed by atoms with Gasteiger partial charge in [0.15, 0.2) is 9.84 Å². The molecule has 0 aliphatic carbocycles. The lowest BCUT2D eigenvalue weighted by Crippen LogP contribution is -2.07. The monoisotopic (exact) mass is 382 g/mol. The van der Waals surface area contributed by atoms with Crippen molar-refractivity contribution in [3.63, 3.8) is 0 Å². The van der Waals surface area contributed by atoms with Crippen molar-refractivity contribution in [1.82, 2.24) is 10.2 Å². The molecule has 2 aromatic rings. The maximum absolute atomic E-state index is 11.5. The molecular formula is C17H22N2O4S2. The number of ether oxygens (including phenoxy) is 1. The summed E-state index contributed by atoms with van der Waals surface area (Å²) in [6, 6.07) is 10.1. The van der Waals surface area contributed by atoms with Crippen molar-refractivity contribution in [2.45, 2.75) is 31.1 Å². The zero-order valence-corrected chi connectivity index (χ0v) is 15.6. The van der Waals surface area contributed by atoms with E-state index in [0.29, 0.717) is 37.2 Å². The Morgan fingerprint density at radius 3 is 2.84 bits per heavy atom. The molecule has 3 rings (SSSR count).